The molecule has 3 N–H and O–H groups in total. The number of rotatable bonds is 6. The summed E-state index contributed by atoms with van der Waals surface area (Å²) in [5, 5.41) is 12.5. The van der Waals surface area contributed by atoms with E-state index in [9.17, 15) is 9.59 Å². The SMILES string of the molecule is O=C(Nc1n[nH]c2cc(C(=O)NCCc3ccccc3)sc12)c1ccco1. The Morgan fingerprint density at radius 3 is 2.74 bits per heavy atom. The number of fused-ring (bicyclic) bond motifs is 1. The third-order valence-corrected chi connectivity index (χ3v) is 5.12. The molecule has 0 unspecified atom stereocenters. The highest BCUT2D eigenvalue weighted by atomic mass is 32.1. The van der Waals surface area contributed by atoms with Gasteiger partial charge in [0.1, 0.15) is 0 Å². The highest BCUT2D eigenvalue weighted by Crippen LogP contribution is 2.30. The van der Waals surface area contributed by atoms with Gasteiger partial charge in [-0.15, -0.1) is 11.3 Å². The smallest absolute Gasteiger partial charge is 0.292 e. The van der Waals surface area contributed by atoms with E-state index in [0.29, 0.717) is 27.5 Å². The Morgan fingerprint density at radius 2 is 1.96 bits per heavy atom. The zero-order valence-corrected chi connectivity index (χ0v) is 15.0. The first-order valence-electron chi connectivity index (χ1n) is 8.35. The van der Waals surface area contributed by atoms with Gasteiger partial charge in [-0.25, -0.2) is 0 Å². The van der Waals surface area contributed by atoms with E-state index in [4.69, 9.17) is 4.42 Å². The molecule has 0 aliphatic rings. The zero-order valence-electron chi connectivity index (χ0n) is 14.2. The number of aromatic nitrogens is 2. The number of nitrogens with zero attached hydrogens (tertiary/aromatic N) is 1. The number of hydrogen-bond acceptors (Lipinski definition) is 5. The molecular weight excluding hydrogens is 364 g/mol. The van der Waals surface area contributed by atoms with Crippen molar-refractivity contribution in [1.29, 1.82) is 0 Å². The maximum absolute atomic E-state index is 12.4. The number of hydrogen-bond donors (Lipinski definition) is 3. The summed E-state index contributed by atoms with van der Waals surface area (Å²) in [7, 11) is 0. The van der Waals surface area contributed by atoms with Crippen LogP contribution in [0.1, 0.15) is 25.8 Å². The van der Waals surface area contributed by atoms with E-state index >= 15 is 0 Å². The average Bonchev–Trinajstić information content (AvgIpc) is 3.41. The van der Waals surface area contributed by atoms with Crippen molar-refractivity contribution in [2.75, 3.05) is 11.9 Å². The molecule has 0 fully saturated rings. The molecule has 7 nitrogen and oxygen atoms in total. The summed E-state index contributed by atoms with van der Waals surface area (Å²) in [5.74, 6) is 0.0285. The predicted octanol–water partition coefficient (Wildman–Crippen LogP) is 3.44. The van der Waals surface area contributed by atoms with Gasteiger partial charge >= 0.3 is 0 Å². The van der Waals surface area contributed by atoms with Crippen LogP contribution in [0.5, 0.6) is 0 Å². The van der Waals surface area contributed by atoms with Crippen molar-refractivity contribution >= 4 is 39.2 Å². The molecule has 3 heterocycles. The monoisotopic (exact) mass is 380 g/mol. The topological polar surface area (TPSA) is 100 Å². The fourth-order valence-corrected chi connectivity index (χ4v) is 3.61. The zero-order chi connectivity index (χ0) is 18.6. The Hall–Kier alpha value is -3.39. The van der Waals surface area contributed by atoms with Crippen molar-refractivity contribution in [3.05, 3.63) is 71.0 Å². The maximum atomic E-state index is 12.4. The summed E-state index contributed by atoms with van der Waals surface area (Å²) in [5.41, 5.74) is 1.87. The highest BCUT2D eigenvalue weighted by Gasteiger charge is 2.17. The lowest BCUT2D eigenvalue weighted by atomic mass is 10.1. The summed E-state index contributed by atoms with van der Waals surface area (Å²) in [6, 6.07) is 14.9. The fourth-order valence-electron chi connectivity index (χ4n) is 2.64. The summed E-state index contributed by atoms with van der Waals surface area (Å²) in [6.45, 7) is 0.551. The molecule has 0 saturated heterocycles. The normalized spacial score (nSPS) is 10.8. The second-order valence-corrected chi connectivity index (χ2v) is 6.90. The molecule has 27 heavy (non-hydrogen) atoms. The molecule has 0 aliphatic carbocycles. The first kappa shape index (κ1) is 17.0. The number of amides is 2. The van der Waals surface area contributed by atoms with Crippen LogP contribution in [0.15, 0.2) is 59.2 Å². The van der Waals surface area contributed by atoms with Gasteiger partial charge < -0.3 is 15.1 Å². The standard InChI is InChI=1S/C19H16N4O3S/c24-18(14-7-4-10-26-14)21-17-16-13(22-23-17)11-15(27-16)19(25)20-9-8-12-5-2-1-3-6-12/h1-7,10-11H,8-9H2,(H,20,25)(H2,21,22,23,24). The fraction of sp³-hybridized carbons (Fsp3) is 0.105. The summed E-state index contributed by atoms with van der Waals surface area (Å²) in [4.78, 5) is 25.0. The number of furan rings is 1. The van der Waals surface area contributed by atoms with E-state index in [1.807, 2.05) is 30.3 Å². The summed E-state index contributed by atoms with van der Waals surface area (Å²) in [6.07, 6.45) is 2.19. The van der Waals surface area contributed by atoms with Crippen LogP contribution >= 0.6 is 11.3 Å². The van der Waals surface area contributed by atoms with Gasteiger partial charge in [-0.05, 0) is 30.2 Å². The molecule has 4 rings (SSSR count). The molecule has 0 atom stereocenters. The lowest BCUT2D eigenvalue weighted by Gasteiger charge is -2.03. The van der Waals surface area contributed by atoms with E-state index in [-0.39, 0.29) is 11.7 Å². The molecule has 0 aliphatic heterocycles. The van der Waals surface area contributed by atoms with Crippen LogP contribution in [-0.2, 0) is 6.42 Å². The second kappa shape index (κ2) is 7.46. The van der Waals surface area contributed by atoms with Gasteiger partial charge in [-0.1, -0.05) is 30.3 Å². The summed E-state index contributed by atoms with van der Waals surface area (Å²) >= 11 is 1.27. The molecule has 0 spiro atoms. The van der Waals surface area contributed by atoms with Crippen molar-refractivity contribution in [1.82, 2.24) is 15.5 Å². The van der Waals surface area contributed by atoms with E-state index in [2.05, 4.69) is 20.8 Å². The average molecular weight is 380 g/mol. The minimum absolute atomic E-state index is 0.149. The van der Waals surface area contributed by atoms with Gasteiger partial charge in [0, 0.05) is 6.54 Å². The first-order chi connectivity index (χ1) is 13.2. The van der Waals surface area contributed by atoms with Crippen molar-refractivity contribution in [2.24, 2.45) is 0 Å². The molecule has 2 amide bonds. The number of carbonyl (C=O) groups is 2. The van der Waals surface area contributed by atoms with E-state index in [1.165, 1.54) is 23.2 Å². The first-order valence-corrected chi connectivity index (χ1v) is 9.17. The second-order valence-electron chi connectivity index (χ2n) is 5.85. The van der Waals surface area contributed by atoms with Crippen LogP contribution in [0.25, 0.3) is 10.2 Å². The van der Waals surface area contributed by atoms with E-state index in [0.717, 1.165) is 6.42 Å². The lowest BCUT2D eigenvalue weighted by molar-refractivity contribution is 0.0957. The molecule has 3 aromatic heterocycles. The largest absolute Gasteiger partial charge is 0.459 e. The van der Waals surface area contributed by atoms with Crippen LogP contribution in [0.2, 0.25) is 0 Å². The van der Waals surface area contributed by atoms with E-state index < -0.39 is 5.91 Å². The third-order valence-electron chi connectivity index (χ3n) is 3.98. The number of thiophene rings is 1. The molecule has 136 valence electrons. The third kappa shape index (κ3) is 3.75. The van der Waals surface area contributed by atoms with Crippen molar-refractivity contribution in [3.63, 3.8) is 0 Å². The maximum Gasteiger partial charge on any atom is 0.292 e. The lowest BCUT2D eigenvalue weighted by Crippen LogP contribution is -2.24. The van der Waals surface area contributed by atoms with Crippen LogP contribution in [0, 0.1) is 0 Å². The predicted molar refractivity (Wildman–Crippen MR) is 103 cm³/mol. The minimum atomic E-state index is -0.393. The van der Waals surface area contributed by atoms with Gasteiger partial charge in [0.25, 0.3) is 11.8 Å². The molecular formula is C19H16N4O3S. The van der Waals surface area contributed by atoms with Gasteiger partial charge in [-0.2, -0.15) is 5.10 Å². The summed E-state index contributed by atoms with van der Waals surface area (Å²) < 4.78 is 5.78. The van der Waals surface area contributed by atoms with Gasteiger partial charge in [0.2, 0.25) is 0 Å². The Bertz CT molecular complexity index is 1070. The van der Waals surface area contributed by atoms with Crippen molar-refractivity contribution in [2.45, 2.75) is 6.42 Å². The van der Waals surface area contributed by atoms with Crippen LogP contribution < -0.4 is 10.6 Å². The molecule has 0 bridgehead atoms. The van der Waals surface area contributed by atoms with Crippen LogP contribution in [0.4, 0.5) is 5.82 Å². The molecule has 0 saturated carbocycles. The minimum Gasteiger partial charge on any atom is -0.459 e. The number of carbonyl (C=O) groups excluding carboxylic acids is 2. The van der Waals surface area contributed by atoms with Gasteiger partial charge in [0.05, 0.1) is 21.4 Å². The number of anilines is 1. The number of aromatic amines is 1. The Morgan fingerprint density at radius 1 is 1.11 bits per heavy atom. The van der Waals surface area contributed by atoms with Crippen molar-refractivity contribution < 1.29 is 14.0 Å². The number of nitrogens with one attached hydrogen (secondary N) is 3. The van der Waals surface area contributed by atoms with Crippen molar-refractivity contribution in [3.8, 4) is 0 Å². The Balaban J connectivity index is 1.41. The molecule has 1 aromatic carbocycles. The van der Waals surface area contributed by atoms with Crippen LogP contribution in [0.3, 0.4) is 0 Å². The quantitative estimate of drug-likeness (QED) is 0.477. The van der Waals surface area contributed by atoms with Gasteiger partial charge in [0.15, 0.2) is 11.6 Å². The number of benzene rings is 1. The van der Waals surface area contributed by atoms with E-state index in [1.54, 1.807) is 18.2 Å². The Labute approximate surface area is 158 Å². The van der Waals surface area contributed by atoms with Gasteiger partial charge in [-0.3, -0.25) is 14.7 Å². The molecule has 4 aromatic rings. The highest BCUT2D eigenvalue weighted by molar-refractivity contribution is 7.21. The molecule has 8 heteroatoms. The molecule has 0 radical (unpaired) electrons. The Kier molecular flexibility index (Phi) is 4.71. The number of H-pyrrole nitrogens is 1. The van der Waals surface area contributed by atoms with Crippen LogP contribution in [-0.4, -0.2) is 28.6 Å².